The van der Waals surface area contributed by atoms with Gasteiger partial charge in [0.25, 0.3) is 7.82 Å². The third kappa shape index (κ3) is 48.2. The number of carbonyl (C=O) groups excluding carboxylic acids is 2. The van der Waals surface area contributed by atoms with Crippen LogP contribution in [0.25, 0.3) is 0 Å². The molecule has 0 saturated carbocycles. The summed E-state index contributed by atoms with van der Waals surface area (Å²) in [6.07, 6.45) is 49.5. The summed E-state index contributed by atoms with van der Waals surface area (Å²) in [6, 6.07) is 0. The maximum atomic E-state index is 12.7. The van der Waals surface area contributed by atoms with E-state index in [1.807, 2.05) is 21.1 Å². The molecule has 0 N–H and O–H groups in total. The van der Waals surface area contributed by atoms with Gasteiger partial charge in [-0.2, -0.15) is 0 Å². The molecule has 0 radical (unpaired) electrons. The Morgan fingerprint density at radius 2 is 0.823 bits per heavy atom. The van der Waals surface area contributed by atoms with E-state index in [1.165, 1.54) is 186 Å². The maximum Gasteiger partial charge on any atom is 0.306 e. The molecule has 2 atom stereocenters. The van der Waals surface area contributed by atoms with Gasteiger partial charge in [0.2, 0.25) is 0 Å². The standard InChI is InChI=1S/C52H102NO8P/c1-6-8-10-12-14-16-18-20-22-24-25-26-27-29-31-33-35-37-39-41-43-45-52(55)61-50(49-60-62(56,57)59-47-46-53(3,4)5)48-58-51(54)44-42-40-38-36-34-32-30-28-23-21-19-17-15-13-11-9-7-2/h21,23,50H,6-20,22,24-49H2,1-5H3/b23-21+/t50-/m1/s1. The van der Waals surface area contributed by atoms with Gasteiger partial charge in [-0.3, -0.25) is 14.2 Å². The van der Waals surface area contributed by atoms with Gasteiger partial charge in [-0.1, -0.05) is 219 Å². The molecule has 0 bridgehead atoms. The summed E-state index contributed by atoms with van der Waals surface area (Å²) < 4.78 is 34.1. The second kappa shape index (κ2) is 44.9. The molecule has 0 saturated heterocycles. The second-order valence-corrected chi connectivity index (χ2v) is 20.7. The van der Waals surface area contributed by atoms with E-state index >= 15 is 0 Å². The Morgan fingerprint density at radius 1 is 0.484 bits per heavy atom. The number of unbranched alkanes of at least 4 members (excludes halogenated alkanes) is 33. The van der Waals surface area contributed by atoms with Crippen molar-refractivity contribution in [2.75, 3.05) is 47.5 Å². The number of quaternary nitrogens is 1. The van der Waals surface area contributed by atoms with Crippen LogP contribution < -0.4 is 4.89 Å². The first kappa shape index (κ1) is 60.8. The molecule has 368 valence electrons. The van der Waals surface area contributed by atoms with Crippen molar-refractivity contribution in [2.45, 2.75) is 264 Å². The minimum atomic E-state index is -4.63. The van der Waals surface area contributed by atoms with Crippen LogP contribution in [0.3, 0.4) is 0 Å². The minimum Gasteiger partial charge on any atom is -0.756 e. The Balaban J connectivity index is 4.20. The van der Waals surface area contributed by atoms with Crippen LogP contribution in [0.5, 0.6) is 0 Å². The van der Waals surface area contributed by atoms with Crippen molar-refractivity contribution in [2.24, 2.45) is 0 Å². The molecule has 0 aromatic rings. The lowest BCUT2D eigenvalue weighted by molar-refractivity contribution is -0.870. The average Bonchev–Trinajstić information content (AvgIpc) is 3.23. The van der Waals surface area contributed by atoms with Crippen LogP contribution >= 0.6 is 7.82 Å². The number of hydrogen-bond acceptors (Lipinski definition) is 8. The average molecular weight is 900 g/mol. The largest absolute Gasteiger partial charge is 0.756 e. The number of likely N-dealkylation sites (N-methyl/N-ethyl adjacent to an activating group) is 1. The molecule has 0 spiro atoms. The highest BCUT2D eigenvalue weighted by Gasteiger charge is 2.21. The molecule has 0 aromatic heterocycles. The van der Waals surface area contributed by atoms with Crippen molar-refractivity contribution >= 4 is 19.8 Å². The quantitative estimate of drug-likeness (QED) is 0.0195. The van der Waals surface area contributed by atoms with Crippen LogP contribution in [-0.2, 0) is 32.7 Å². The van der Waals surface area contributed by atoms with E-state index in [-0.39, 0.29) is 32.0 Å². The minimum absolute atomic E-state index is 0.0279. The lowest BCUT2D eigenvalue weighted by atomic mass is 10.0. The van der Waals surface area contributed by atoms with Crippen molar-refractivity contribution in [1.29, 1.82) is 0 Å². The van der Waals surface area contributed by atoms with Gasteiger partial charge in [-0.05, 0) is 38.5 Å². The molecule has 62 heavy (non-hydrogen) atoms. The van der Waals surface area contributed by atoms with Crippen LogP contribution in [-0.4, -0.2) is 70.0 Å². The molecule has 0 aromatic carbocycles. The normalized spacial score (nSPS) is 13.5. The number of esters is 2. The van der Waals surface area contributed by atoms with Crippen molar-refractivity contribution in [3.8, 4) is 0 Å². The van der Waals surface area contributed by atoms with Crippen molar-refractivity contribution in [3.05, 3.63) is 12.2 Å². The van der Waals surface area contributed by atoms with E-state index in [0.29, 0.717) is 17.4 Å². The zero-order chi connectivity index (χ0) is 45.7. The predicted molar refractivity (Wildman–Crippen MR) is 259 cm³/mol. The van der Waals surface area contributed by atoms with Gasteiger partial charge in [-0.25, -0.2) is 0 Å². The molecule has 0 rings (SSSR count). The highest BCUT2D eigenvalue weighted by Crippen LogP contribution is 2.38. The highest BCUT2D eigenvalue weighted by molar-refractivity contribution is 7.45. The summed E-state index contributed by atoms with van der Waals surface area (Å²) in [5.74, 6) is -0.823. The highest BCUT2D eigenvalue weighted by atomic mass is 31.2. The van der Waals surface area contributed by atoms with Crippen molar-refractivity contribution < 1.29 is 42.1 Å². The fourth-order valence-electron chi connectivity index (χ4n) is 7.65. The van der Waals surface area contributed by atoms with Gasteiger partial charge in [0.05, 0.1) is 27.7 Å². The number of hydrogen-bond donors (Lipinski definition) is 0. The summed E-state index contributed by atoms with van der Waals surface area (Å²) in [5, 5.41) is 0. The first-order valence-corrected chi connectivity index (χ1v) is 27.9. The lowest BCUT2D eigenvalue weighted by Crippen LogP contribution is -2.37. The number of rotatable bonds is 49. The molecule has 0 heterocycles. The molecule has 0 aliphatic heterocycles. The van der Waals surface area contributed by atoms with E-state index in [2.05, 4.69) is 26.0 Å². The molecule has 0 fully saturated rings. The second-order valence-electron chi connectivity index (χ2n) is 19.2. The Kier molecular flexibility index (Phi) is 44.0. The predicted octanol–water partition coefficient (Wildman–Crippen LogP) is 15.1. The fourth-order valence-corrected chi connectivity index (χ4v) is 8.38. The molecule has 0 amide bonds. The van der Waals surface area contributed by atoms with Crippen LogP contribution in [0.15, 0.2) is 12.2 Å². The summed E-state index contributed by atoms with van der Waals surface area (Å²) >= 11 is 0. The Hall–Kier alpha value is -1.25. The van der Waals surface area contributed by atoms with E-state index in [4.69, 9.17) is 18.5 Å². The number of ether oxygens (including phenoxy) is 2. The van der Waals surface area contributed by atoms with E-state index in [9.17, 15) is 19.0 Å². The van der Waals surface area contributed by atoms with Gasteiger partial charge < -0.3 is 27.9 Å². The SMILES string of the molecule is CCCCCCCC/C=C/CCCCCCCCCC(=O)OC[C@H](COP(=O)([O-])OCC[N+](C)(C)C)OC(=O)CCCCCCCCCCCCCCCCCCCCCCC. The smallest absolute Gasteiger partial charge is 0.306 e. The van der Waals surface area contributed by atoms with E-state index in [0.717, 1.165) is 38.5 Å². The van der Waals surface area contributed by atoms with Gasteiger partial charge in [0, 0.05) is 12.8 Å². The van der Waals surface area contributed by atoms with Gasteiger partial charge in [0.1, 0.15) is 19.8 Å². The molecule has 0 aliphatic carbocycles. The van der Waals surface area contributed by atoms with E-state index in [1.54, 1.807) is 0 Å². The first-order valence-electron chi connectivity index (χ1n) is 26.4. The van der Waals surface area contributed by atoms with Gasteiger partial charge in [0.15, 0.2) is 6.10 Å². The third-order valence-corrected chi connectivity index (χ3v) is 12.7. The first-order chi connectivity index (χ1) is 30.0. The van der Waals surface area contributed by atoms with Crippen molar-refractivity contribution in [1.82, 2.24) is 0 Å². The van der Waals surface area contributed by atoms with Crippen LogP contribution in [0, 0.1) is 0 Å². The molecule has 10 heteroatoms. The Labute approximate surface area is 384 Å². The van der Waals surface area contributed by atoms with Crippen LogP contribution in [0.2, 0.25) is 0 Å². The zero-order valence-corrected chi connectivity index (χ0v) is 42.5. The number of phosphoric ester groups is 1. The number of phosphoric acid groups is 1. The molecule has 9 nitrogen and oxygen atoms in total. The number of allylic oxidation sites excluding steroid dienone is 2. The molecule has 1 unspecified atom stereocenters. The summed E-state index contributed by atoms with van der Waals surface area (Å²) in [5.41, 5.74) is 0. The van der Waals surface area contributed by atoms with Gasteiger partial charge in [-0.15, -0.1) is 0 Å². The summed E-state index contributed by atoms with van der Waals surface area (Å²) in [4.78, 5) is 37.7. The number of nitrogens with zero attached hydrogens (tertiary/aromatic N) is 1. The van der Waals surface area contributed by atoms with Crippen molar-refractivity contribution in [3.63, 3.8) is 0 Å². The Morgan fingerprint density at radius 3 is 1.19 bits per heavy atom. The fraction of sp³-hybridized carbons (Fsp3) is 0.923. The lowest BCUT2D eigenvalue weighted by Gasteiger charge is -2.28. The van der Waals surface area contributed by atoms with Gasteiger partial charge >= 0.3 is 11.9 Å². The third-order valence-electron chi connectivity index (χ3n) is 11.8. The van der Waals surface area contributed by atoms with E-state index < -0.39 is 26.5 Å². The summed E-state index contributed by atoms with van der Waals surface area (Å²) in [7, 11) is 1.18. The number of carbonyl (C=O) groups is 2. The molecular weight excluding hydrogens is 798 g/mol. The monoisotopic (exact) mass is 900 g/mol. The molecule has 0 aliphatic rings. The molecular formula is C52H102NO8P. The van der Waals surface area contributed by atoms with Crippen LogP contribution in [0.1, 0.15) is 258 Å². The van der Waals surface area contributed by atoms with Crippen LogP contribution in [0.4, 0.5) is 0 Å². The topological polar surface area (TPSA) is 111 Å². The Bertz CT molecular complexity index is 1060. The zero-order valence-electron chi connectivity index (χ0n) is 41.6. The maximum absolute atomic E-state index is 12.7. The summed E-state index contributed by atoms with van der Waals surface area (Å²) in [6.45, 7) is 4.27.